The van der Waals surface area contributed by atoms with Crippen molar-refractivity contribution in [2.24, 2.45) is 0 Å². The predicted molar refractivity (Wildman–Crippen MR) is 76.4 cm³/mol. The van der Waals surface area contributed by atoms with E-state index >= 15 is 0 Å². The van der Waals surface area contributed by atoms with E-state index in [1.807, 2.05) is 0 Å². The lowest BCUT2D eigenvalue weighted by Crippen LogP contribution is -2.36. The molecule has 1 aromatic heterocycles. The maximum atomic E-state index is 11.3. The van der Waals surface area contributed by atoms with E-state index in [4.69, 9.17) is 0 Å². The van der Waals surface area contributed by atoms with Gasteiger partial charge in [-0.2, -0.15) is 0 Å². The normalized spacial score (nSPS) is 18.1. The summed E-state index contributed by atoms with van der Waals surface area (Å²) in [6, 6.07) is 5.63. The molecule has 0 aliphatic carbocycles. The third-order valence-corrected chi connectivity index (χ3v) is 3.75. The van der Waals surface area contributed by atoms with E-state index in [9.17, 15) is 20.0 Å². The zero-order valence-corrected chi connectivity index (χ0v) is 11.1. The quantitative estimate of drug-likeness (QED) is 0.686. The summed E-state index contributed by atoms with van der Waals surface area (Å²) in [5, 5.41) is 21.5. The van der Waals surface area contributed by atoms with Crippen LogP contribution in [0.4, 0.5) is 11.5 Å². The van der Waals surface area contributed by atoms with Crippen LogP contribution in [0.5, 0.6) is 0 Å². The van der Waals surface area contributed by atoms with Gasteiger partial charge in [0.1, 0.15) is 11.9 Å². The maximum Gasteiger partial charge on any atom is 0.326 e. The first-order chi connectivity index (χ1) is 10.1. The summed E-state index contributed by atoms with van der Waals surface area (Å²) in [4.78, 5) is 27.7. The Kier molecular flexibility index (Phi) is 3.17. The standard InChI is InChI=1S/C14H13N3O4/c18-14(19)12-2-1-7-16(12)13-11-4-3-10(17(20)21)8-9(11)5-6-15-13/h3-6,8,12H,1-2,7H2,(H,18,19)/t12-/m1/s1. The first-order valence-corrected chi connectivity index (χ1v) is 6.60. The zero-order valence-electron chi connectivity index (χ0n) is 11.1. The van der Waals surface area contributed by atoms with Crippen LogP contribution in [-0.2, 0) is 4.79 Å². The average molecular weight is 287 g/mol. The first-order valence-electron chi connectivity index (χ1n) is 6.60. The number of nitro groups is 1. The van der Waals surface area contributed by atoms with E-state index in [-0.39, 0.29) is 5.69 Å². The highest BCUT2D eigenvalue weighted by Gasteiger charge is 2.32. The minimum Gasteiger partial charge on any atom is -0.480 e. The van der Waals surface area contributed by atoms with E-state index < -0.39 is 16.9 Å². The molecule has 1 N–H and O–H groups in total. The third-order valence-electron chi connectivity index (χ3n) is 3.75. The fourth-order valence-electron chi connectivity index (χ4n) is 2.77. The zero-order chi connectivity index (χ0) is 15.0. The molecule has 7 nitrogen and oxygen atoms in total. The second-order valence-electron chi connectivity index (χ2n) is 4.99. The highest BCUT2D eigenvalue weighted by Crippen LogP contribution is 2.32. The van der Waals surface area contributed by atoms with E-state index in [1.54, 1.807) is 23.2 Å². The lowest BCUT2D eigenvalue weighted by molar-refractivity contribution is -0.384. The fraction of sp³-hybridized carbons (Fsp3) is 0.286. The summed E-state index contributed by atoms with van der Waals surface area (Å²) >= 11 is 0. The number of hydrogen-bond donors (Lipinski definition) is 1. The third kappa shape index (κ3) is 2.26. The molecule has 1 atom stereocenters. The monoisotopic (exact) mass is 287 g/mol. The largest absolute Gasteiger partial charge is 0.480 e. The van der Waals surface area contributed by atoms with E-state index in [0.717, 1.165) is 11.8 Å². The molecule has 7 heteroatoms. The second kappa shape index (κ2) is 5.01. The highest BCUT2D eigenvalue weighted by molar-refractivity contribution is 5.95. The van der Waals surface area contributed by atoms with Crippen molar-refractivity contribution in [2.45, 2.75) is 18.9 Å². The van der Waals surface area contributed by atoms with Gasteiger partial charge < -0.3 is 10.0 Å². The maximum absolute atomic E-state index is 11.3. The van der Waals surface area contributed by atoms with Crippen LogP contribution in [0.15, 0.2) is 30.5 Å². The number of rotatable bonds is 3. The van der Waals surface area contributed by atoms with E-state index in [2.05, 4.69) is 4.98 Å². The van der Waals surface area contributed by atoms with Gasteiger partial charge in [-0.15, -0.1) is 0 Å². The lowest BCUT2D eigenvalue weighted by atomic mass is 10.1. The summed E-state index contributed by atoms with van der Waals surface area (Å²) in [5.74, 6) is -0.291. The summed E-state index contributed by atoms with van der Waals surface area (Å²) in [6.07, 6.45) is 2.93. The smallest absolute Gasteiger partial charge is 0.326 e. The highest BCUT2D eigenvalue weighted by atomic mass is 16.6. The van der Waals surface area contributed by atoms with Crippen molar-refractivity contribution in [2.75, 3.05) is 11.4 Å². The number of aliphatic carboxylic acids is 1. The van der Waals surface area contributed by atoms with Crippen molar-refractivity contribution in [3.8, 4) is 0 Å². The van der Waals surface area contributed by atoms with Crippen molar-refractivity contribution < 1.29 is 14.8 Å². The van der Waals surface area contributed by atoms with Crippen molar-refractivity contribution in [3.63, 3.8) is 0 Å². The summed E-state index contributed by atoms with van der Waals surface area (Å²) < 4.78 is 0. The van der Waals surface area contributed by atoms with Gasteiger partial charge >= 0.3 is 5.97 Å². The first kappa shape index (κ1) is 13.3. The molecule has 108 valence electrons. The lowest BCUT2D eigenvalue weighted by Gasteiger charge is -2.23. The number of fused-ring (bicyclic) bond motifs is 1. The molecular formula is C14H13N3O4. The Morgan fingerprint density at radius 3 is 2.95 bits per heavy atom. The van der Waals surface area contributed by atoms with E-state index in [1.165, 1.54) is 12.1 Å². The number of carboxylic acids is 1. The van der Waals surface area contributed by atoms with Gasteiger partial charge in [-0.3, -0.25) is 10.1 Å². The molecule has 2 heterocycles. The number of anilines is 1. The molecule has 0 spiro atoms. The number of nitro benzene ring substituents is 1. The molecule has 0 unspecified atom stereocenters. The van der Waals surface area contributed by atoms with Crippen molar-refractivity contribution in [1.29, 1.82) is 0 Å². The Morgan fingerprint density at radius 1 is 1.43 bits per heavy atom. The Hall–Kier alpha value is -2.70. The molecular weight excluding hydrogens is 274 g/mol. The minimum absolute atomic E-state index is 0.0101. The number of hydrogen-bond acceptors (Lipinski definition) is 5. The van der Waals surface area contributed by atoms with Gasteiger partial charge in [0.2, 0.25) is 0 Å². The predicted octanol–water partition coefficient (Wildman–Crippen LogP) is 2.20. The number of carbonyl (C=O) groups is 1. The van der Waals surface area contributed by atoms with Crippen LogP contribution < -0.4 is 4.90 Å². The topological polar surface area (TPSA) is 96.6 Å². The van der Waals surface area contributed by atoms with Gasteiger partial charge in [0, 0.05) is 30.3 Å². The summed E-state index contributed by atoms with van der Waals surface area (Å²) in [5.41, 5.74) is 0.0101. The molecule has 0 radical (unpaired) electrons. The summed E-state index contributed by atoms with van der Waals surface area (Å²) in [6.45, 7) is 0.625. The SMILES string of the molecule is O=C(O)[C@H]1CCCN1c1nccc2cc([N+](=O)[O-])ccc12. The fourth-order valence-corrected chi connectivity index (χ4v) is 2.77. The van der Waals surface area contributed by atoms with Crippen LogP contribution in [0.2, 0.25) is 0 Å². The van der Waals surface area contributed by atoms with Gasteiger partial charge in [0.25, 0.3) is 5.69 Å². The van der Waals surface area contributed by atoms with Gasteiger partial charge in [-0.25, -0.2) is 9.78 Å². The van der Waals surface area contributed by atoms with Gasteiger partial charge in [0.05, 0.1) is 4.92 Å². The molecule has 0 saturated carbocycles. The van der Waals surface area contributed by atoms with Crippen LogP contribution in [0.25, 0.3) is 10.8 Å². The number of aromatic nitrogens is 1. The minimum atomic E-state index is -0.867. The van der Waals surface area contributed by atoms with Crippen LogP contribution in [0.3, 0.4) is 0 Å². The van der Waals surface area contributed by atoms with Gasteiger partial charge in [-0.05, 0) is 30.4 Å². The molecule has 1 aliphatic rings. The molecule has 1 aliphatic heterocycles. The second-order valence-corrected chi connectivity index (χ2v) is 4.99. The molecule has 0 amide bonds. The molecule has 0 bridgehead atoms. The number of carboxylic acid groups (broad SMARTS) is 1. The molecule has 1 aromatic carbocycles. The Labute approximate surface area is 120 Å². The van der Waals surface area contributed by atoms with E-state index in [0.29, 0.717) is 24.2 Å². The van der Waals surface area contributed by atoms with Gasteiger partial charge in [0.15, 0.2) is 0 Å². The van der Waals surface area contributed by atoms with Crippen LogP contribution >= 0.6 is 0 Å². The Balaban J connectivity index is 2.11. The molecule has 1 fully saturated rings. The van der Waals surface area contributed by atoms with Crippen molar-refractivity contribution in [1.82, 2.24) is 4.98 Å². The Morgan fingerprint density at radius 2 is 2.24 bits per heavy atom. The number of nitrogens with zero attached hydrogens (tertiary/aromatic N) is 3. The number of benzene rings is 1. The summed E-state index contributed by atoms with van der Waals surface area (Å²) in [7, 11) is 0. The van der Waals surface area contributed by atoms with Crippen molar-refractivity contribution >= 4 is 28.2 Å². The average Bonchev–Trinajstić information content (AvgIpc) is 2.95. The van der Waals surface area contributed by atoms with Crippen LogP contribution in [0, 0.1) is 10.1 Å². The van der Waals surface area contributed by atoms with Crippen LogP contribution in [0.1, 0.15) is 12.8 Å². The number of pyridine rings is 1. The van der Waals surface area contributed by atoms with Crippen molar-refractivity contribution in [3.05, 3.63) is 40.6 Å². The van der Waals surface area contributed by atoms with Gasteiger partial charge in [-0.1, -0.05) is 0 Å². The molecule has 1 saturated heterocycles. The number of non-ortho nitro benzene ring substituents is 1. The van der Waals surface area contributed by atoms with Crippen LogP contribution in [-0.4, -0.2) is 33.6 Å². The molecule has 3 rings (SSSR count). The molecule has 21 heavy (non-hydrogen) atoms. The molecule has 2 aromatic rings. The Bertz CT molecular complexity index is 731.